The van der Waals surface area contributed by atoms with Gasteiger partial charge in [0.25, 0.3) is 0 Å². The second kappa shape index (κ2) is 7.40. The van der Waals surface area contributed by atoms with Gasteiger partial charge in [-0.1, -0.05) is 42.1 Å². The van der Waals surface area contributed by atoms with Gasteiger partial charge in [-0.05, 0) is 42.0 Å². The maximum absolute atomic E-state index is 5.76. The first kappa shape index (κ1) is 15.7. The number of aromatic amines is 1. The lowest BCUT2D eigenvalue weighted by Crippen LogP contribution is -1.97. The monoisotopic (exact) mass is 347 g/mol. The van der Waals surface area contributed by atoms with E-state index in [9.17, 15) is 0 Å². The molecule has 0 aliphatic rings. The van der Waals surface area contributed by atoms with Crippen LogP contribution in [-0.4, -0.2) is 15.0 Å². The molecule has 0 saturated heterocycles. The van der Waals surface area contributed by atoms with Gasteiger partial charge in [-0.3, -0.25) is 4.98 Å². The Hall–Kier alpha value is -2.79. The van der Waals surface area contributed by atoms with Crippen LogP contribution in [0.4, 0.5) is 0 Å². The Balaban J connectivity index is 1.34. The predicted octanol–water partition coefficient (Wildman–Crippen LogP) is 4.83. The molecule has 0 aliphatic heterocycles. The van der Waals surface area contributed by atoms with Gasteiger partial charge in [0.15, 0.2) is 5.16 Å². The third-order valence-corrected chi connectivity index (χ3v) is 4.72. The summed E-state index contributed by atoms with van der Waals surface area (Å²) in [4.78, 5) is 12.2. The van der Waals surface area contributed by atoms with Gasteiger partial charge < -0.3 is 9.72 Å². The summed E-state index contributed by atoms with van der Waals surface area (Å²) in [5.41, 5.74) is 4.23. The molecule has 0 aliphatic carbocycles. The van der Waals surface area contributed by atoms with Crippen LogP contribution in [0.3, 0.4) is 0 Å². The second-order valence-corrected chi connectivity index (χ2v) is 6.57. The van der Waals surface area contributed by atoms with Gasteiger partial charge in [-0.25, -0.2) is 4.98 Å². The lowest BCUT2D eigenvalue weighted by molar-refractivity contribution is 0.301. The van der Waals surface area contributed by atoms with Crippen LogP contribution < -0.4 is 4.74 Å². The van der Waals surface area contributed by atoms with Crippen molar-refractivity contribution in [1.82, 2.24) is 15.0 Å². The molecule has 25 heavy (non-hydrogen) atoms. The second-order valence-electron chi connectivity index (χ2n) is 5.60. The fraction of sp³-hybridized carbons (Fsp3) is 0.100. The largest absolute Gasteiger partial charge is 0.487 e. The highest BCUT2D eigenvalue weighted by molar-refractivity contribution is 7.98. The van der Waals surface area contributed by atoms with Crippen LogP contribution in [0.5, 0.6) is 5.75 Å². The van der Waals surface area contributed by atoms with Gasteiger partial charge in [0.05, 0.1) is 16.7 Å². The lowest BCUT2D eigenvalue weighted by atomic mass is 10.2. The number of imidazole rings is 1. The van der Waals surface area contributed by atoms with Crippen LogP contribution in [0.1, 0.15) is 11.3 Å². The molecule has 4 aromatic rings. The van der Waals surface area contributed by atoms with Crippen molar-refractivity contribution in [3.63, 3.8) is 0 Å². The van der Waals surface area contributed by atoms with Crippen molar-refractivity contribution in [1.29, 1.82) is 0 Å². The third kappa shape index (κ3) is 4.00. The van der Waals surface area contributed by atoms with Crippen molar-refractivity contribution in [3.8, 4) is 5.75 Å². The van der Waals surface area contributed by atoms with Gasteiger partial charge in [0.2, 0.25) is 0 Å². The number of H-pyrrole nitrogens is 1. The molecular weight excluding hydrogens is 330 g/mol. The number of para-hydroxylation sites is 2. The summed E-state index contributed by atoms with van der Waals surface area (Å²) in [5, 5.41) is 0.941. The molecule has 2 aromatic heterocycles. The number of nitrogens with one attached hydrogen (secondary N) is 1. The normalized spacial score (nSPS) is 10.9. The quantitative estimate of drug-likeness (QED) is 0.508. The first-order valence-electron chi connectivity index (χ1n) is 8.06. The molecule has 124 valence electrons. The van der Waals surface area contributed by atoms with E-state index in [1.54, 1.807) is 18.0 Å². The molecule has 0 bridgehead atoms. The Labute approximate surface area is 150 Å². The average molecular weight is 347 g/mol. The first-order chi connectivity index (χ1) is 12.4. The summed E-state index contributed by atoms with van der Waals surface area (Å²) in [6.07, 6.45) is 1.77. The van der Waals surface area contributed by atoms with E-state index >= 15 is 0 Å². The van der Waals surface area contributed by atoms with Gasteiger partial charge >= 0.3 is 0 Å². The van der Waals surface area contributed by atoms with Crippen LogP contribution in [0.2, 0.25) is 0 Å². The molecule has 0 amide bonds. The molecule has 4 nitrogen and oxygen atoms in total. The van der Waals surface area contributed by atoms with Crippen molar-refractivity contribution < 1.29 is 4.74 Å². The minimum absolute atomic E-state index is 0.480. The van der Waals surface area contributed by atoms with E-state index in [1.807, 2.05) is 54.6 Å². The lowest BCUT2D eigenvalue weighted by Gasteiger charge is -2.06. The highest BCUT2D eigenvalue weighted by Gasteiger charge is 2.04. The van der Waals surface area contributed by atoms with E-state index in [0.29, 0.717) is 6.61 Å². The zero-order valence-corrected chi connectivity index (χ0v) is 14.4. The molecular formula is C20H17N3OS. The fourth-order valence-electron chi connectivity index (χ4n) is 2.47. The van der Waals surface area contributed by atoms with E-state index in [-0.39, 0.29) is 0 Å². The van der Waals surface area contributed by atoms with Crippen molar-refractivity contribution >= 4 is 22.8 Å². The Morgan fingerprint density at radius 3 is 2.56 bits per heavy atom. The number of hydrogen-bond donors (Lipinski definition) is 1. The van der Waals surface area contributed by atoms with Gasteiger partial charge in [0.1, 0.15) is 12.4 Å². The maximum atomic E-state index is 5.76. The maximum Gasteiger partial charge on any atom is 0.166 e. The fourth-order valence-corrected chi connectivity index (χ4v) is 3.31. The zero-order valence-electron chi connectivity index (χ0n) is 13.6. The third-order valence-electron chi connectivity index (χ3n) is 3.78. The standard InChI is InChI=1S/C20H17N3OS/c1-2-7-19-18(6-1)22-20(23-19)25-14-15-8-10-17(11-9-15)24-13-16-5-3-4-12-21-16/h1-12H,13-14H2,(H,22,23). The SMILES string of the molecule is c1ccc(COc2ccc(CSc3nc4ccccc4[nH]3)cc2)nc1. The Bertz CT molecular complexity index is 919. The number of ether oxygens (including phenoxy) is 1. The first-order valence-corrected chi connectivity index (χ1v) is 9.04. The number of rotatable bonds is 6. The highest BCUT2D eigenvalue weighted by Crippen LogP contribution is 2.24. The molecule has 0 radical (unpaired) electrons. The number of benzene rings is 2. The van der Waals surface area contributed by atoms with Gasteiger partial charge in [-0.15, -0.1) is 0 Å². The van der Waals surface area contributed by atoms with Crippen LogP contribution in [0, 0.1) is 0 Å². The van der Waals surface area contributed by atoms with E-state index in [4.69, 9.17) is 4.74 Å². The highest BCUT2D eigenvalue weighted by atomic mass is 32.2. The van der Waals surface area contributed by atoms with Crippen molar-refractivity contribution in [2.24, 2.45) is 0 Å². The molecule has 4 rings (SSSR count). The number of hydrogen-bond acceptors (Lipinski definition) is 4. The molecule has 5 heteroatoms. The van der Waals surface area contributed by atoms with Crippen LogP contribution in [-0.2, 0) is 12.4 Å². The zero-order chi connectivity index (χ0) is 16.9. The van der Waals surface area contributed by atoms with Crippen LogP contribution in [0.15, 0.2) is 78.1 Å². The summed E-state index contributed by atoms with van der Waals surface area (Å²) in [7, 11) is 0. The number of thioether (sulfide) groups is 1. The number of pyridine rings is 1. The van der Waals surface area contributed by atoms with Crippen LogP contribution >= 0.6 is 11.8 Å². The van der Waals surface area contributed by atoms with E-state index in [2.05, 4.69) is 27.1 Å². The number of nitrogens with zero attached hydrogens (tertiary/aromatic N) is 2. The molecule has 2 heterocycles. The Morgan fingerprint density at radius 2 is 1.76 bits per heavy atom. The number of fused-ring (bicyclic) bond motifs is 1. The average Bonchev–Trinajstić information content (AvgIpc) is 3.09. The summed E-state index contributed by atoms with van der Waals surface area (Å²) in [6.45, 7) is 0.480. The molecule has 2 aromatic carbocycles. The van der Waals surface area contributed by atoms with Gasteiger partial charge in [-0.2, -0.15) is 0 Å². The van der Waals surface area contributed by atoms with Gasteiger partial charge in [0, 0.05) is 11.9 Å². The molecule has 0 fully saturated rings. The van der Waals surface area contributed by atoms with E-state index in [1.165, 1.54) is 5.56 Å². The van der Waals surface area contributed by atoms with Crippen molar-refractivity contribution in [2.75, 3.05) is 0 Å². The molecule has 0 unspecified atom stereocenters. The molecule has 0 atom stereocenters. The Kier molecular flexibility index (Phi) is 4.65. The summed E-state index contributed by atoms with van der Waals surface area (Å²) < 4.78 is 5.76. The van der Waals surface area contributed by atoms with E-state index < -0.39 is 0 Å². The molecule has 1 N–H and O–H groups in total. The topological polar surface area (TPSA) is 50.8 Å². The summed E-state index contributed by atoms with van der Waals surface area (Å²) >= 11 is 1.70. The minimum Gasteiger partial charge on any atom is -0.487 e. The van der Waals surface area contributed by atoms with Crippen molar-refractivity contribution in [2.45, 2.75) is 17.5 Å². The minimum atomic E-state index is 0.480. The molecule has 0 spiro atoms. The smallest absolute Gasteiger partial charge is 0.166 e. The Morgan fingerprint density at radius 1 is 0.920 bits per heavy atom. The van der Waals surface area contributed by atoms with Crippen LogP contribution in [0.25, 0.3) is 11.0 Å². The van der Waals surface area contributed by atoms with Crippen molar-refractivity contribution in [3.05, 3.63) is 84.2 Å². The molecule has 0 saturated carbocycles. The summed E-state index contributed by atoms with van der Waals surface area (Å²) in [5.74, 6) is 1.71. The summed E-state index contributed by atoms with van der Waals surface area (Å²) in [6, 6.07) is 22.1. The van der Waals surface area contributed by atoms with E-state index in [0.717, 1.165) is 33.4 Å². The number of aromatic nitrogens is 3. The predicted molar refractivity (Wildman–Crippen MR) is 101 cm³/mol.